The van der Waals surface area contributed by atoms with Gasteiger partial charge in [-0.15, -0.1) is 0 Å². The molecule has 0 aliphatic heterocycles. The number of rotatable bonds is 2. The zero-order valence-corrected chi connectivity index (χ0v) is 8.72. The average Bonchev–Trinajstić information content (AvgIpc) is 2.00. The summed E-state index contributed by atoms with van der Waals surface area (Å²) < 4.78 is 0. The van der Waals surface area contributed by atoms with Crippen LogP contribution in [0.2, 0.25) is 0 Å². The third kappa shape index (κ3) is 15.0. The molecule has 0 aromatic rings. The van der Waals surface area contributed by atoms with Crippen molar-refractivity contribution in [3.63, 3.8) is 0 Å². The first-order valence-corrected chi connectivity index (χ1v) is 3.94. The lowest BCUT2D eigenvalue weighted by Gasteiger charge is -2.08. The van der Waals surface area contributed by atoms with Gasteiger partial charge in [0.05, 0.1) is 5.41 Å². The third-order valence-electron chi connectivity index (χ3n) is 1.01. The quantitative estimate of drug-likeness (QED) is 0.592. The fourth-order valence-electron chi connectivity index (χ4n) is 0.143. The van der Waals surface area contributed by atoms with Crippen LogP contribution in [0.5, 0.6) is 0 Å². The molecule has 0 unspecified atom stereocenters. The Kier molecular flexibility index (Phi) is 6.85. The Morgan fingerprint density at radius 1 is 0.867 bits per heavy atom. The van der Waals surface area contributed by atoms with Gasteiger partial charge in [0.2, 0.25) is 0 Å². The van der Waals surface area contributed by atoms with E-state index in [9.17, 15) is 14.4 Å². The van der Waals surface area contributed by atoms with Gasteiger partial charge < -0.3 is 15.3 Å². The highest BCUT2D eigenvalue weighted by Gasteiger charge is 2.18. The van der Waals surface area contributed by atoms with E-state index in [0.717, 1.165) is 0 Å². The molecule has 0 saturated carbocycles. The molecule has 0 saturated heterocycles. The van der Waals surface area contributed by atoms with Gasteiger partial charge in [0.15, 0.2) is 0 Å². The van der Waals surface area contributed by atoms with E-state index < -0.39 is 23.3 Å². The summed E-state index contributed by atoms with van der Waals surface area (Å²) in [7, 11) is 0. The Bertz CT molecular complexity index is 255. The second-order valence-corrected chi connectivity index (χ2v) is 3.56. The van der Waals surface area contributed by atoms with Crippen LogP contribution >= 0.6 is 0 Å². The minimum absolute atomic E-state index is 0.558. The SMILES string of the molecule is CC(C)(C)C(=O)O.O=C(O)/C=C\C(=O)O. The van der Waals surface area contributed by atoms with Crippen LogP contribution in [0.15, 0.2) is 12.2 Å². The van der Waals surface area contributed by atoms with Gasteiger partial charge in [0, 0.05) is 12.2 Å². The molecule has 86 valence electrons. The van der Waals surface area contributed by atoms with E-state index >= 15 is 0 Å². The molecular weight excluding hydrogens is 204 g/mol. The highest BCUT2D eigenvalue weighted by molar-refractivity contribution is 5.89. The molecule has 0 aliphatic carbocycles. The van der Waals surface area contributed by atoms with Crippen LogP contribution in [0.1, 0.15) is 20.8 Å². The van der Waals surface area contributed by atoms with Gasteiger partial charge in [0.25, 0.3) is 0 Å². The number of aliphatic carboxylic acids is 3. The summed E-state index contributed by atoms with van der Waals surface area (Å²) in [6.45, 7) is 4.99. The topological polar surface area (TPSA) is 112 Å². The minimum atomic E-state index is -1.26. The van der Waals surface area contributed by atoms with Crippen molar-refractivity contribution >= 4 is 17.9 Å². The first-order valence-electron chi connectivity index (χ1n) is 3.94. The highest BCUT2D eigenvalue weighted by Crippen LogP contribution is 2.11. The van der Waals surface area contributed by atoms with Crippen molar-refractivity contribution in [3.8, 4) is 0 Å². The molecule has 0 aromatic heterocycles. The normalized spacial score (nSPS) is 10.3. The van der Waals surface area contributed by atoms with Crippen molar-refractivity contribution < 1.29 is 29.7 Å². The number of hydrogen-bond donors (Lipinski definition) is 3. The Balaban J connectivity index is 0. The predicted molar refractivity (Wildman–Crippen MR) is 51.5 cm³/mol. The maximum absolute atomic E-state index is 10.0. The van der Waals surface area contributed by atoms with Crippen LogP contribution in [0, 0.1) is 5.41 Å². The molecule has 0 atom stereocenters. The Morgan fingerprint density at radius 2 is 1.07 bits per heavy atom. The molecular formula is C9H14O6. The molecule has 3 N–H and O–H groups in total. The number of hydrogen-bond acceptors (Lipinski definition) is 3. The first-order chi connectivity index (χ1) is 6.57. The second-order valence-electron chi connectivity index (χ2n) is 3.56. The summed E-state index contributed by atoms with van der Waals surface area (Å²) in [5.41, 5.74) is -0.583. The molecule has 0 aromatic carbocycles. The maximum atomic E-state index is 10.0. The van der Waals surface area contributed by atoms with E-state index in [0.29, 0.717) is 12.2 Å². The highest BCUT2D eigenvalue weighted by atomic mass is 16.4. The maximum Gasteiger partial charge on any atom is 0.328 e. The predicted octanol–water partition coefficient (Wildman–Crippen LogP) is 0.829. The lowest BCUT2D eigenvalue weighted by molar-refractivity contribution is -0.145. The molecule has 0 radical (unpaired) electrons. The second kappa shape index (κ2) is 6.58. The van der Waals surface area contributed by atoms with Gasteiger partial charge in [-0.3, -0.25) is 4.79 Å². The summed E-state index contributed by atoms with van der Waals surface area (Å²) in [6.07, 6.45) is 1.12. The summed E-state index contributed by atoms with van der Waals surface area (Å²) in [5, 5.41) is 23.9. The molecule has 15 heavy (non-hydrogen) atoms. The summed E-state index contributed by atoms with van der Waals surface area (Å²) in [5.74, 6) is -3.27. The van der Waals surface area contributed by atoms with Gasteiger partial charge >= 0.3 is 17.9 Å². The van der Waals surface area contributed by atoms with Crippen molar-refractivity contribution in [1.82, 2.24) is 0 Å². The molecule has 6 heteroatoms. The largest absolute Gasteiger partial charge is 0.481 e. The van der Waals surface area contributed by atoms with E-state index in [2.05, 4.69) is 0 Å². The van der Waals surface area contributed by atoms with Crippen LogP contribution in [-0.2, 0) is 14.4 Å². The lowest BCUT2D eigenvalue weighted by Crippen LogP contribution is -2.18. The first kappa shape index (κ1) is 15.6. The Morgan fingerprint density at radius 3 is 1.13 bits per heavy atom. The lowest BCUT2D eigenvalue weighted by atomic mass is 9.98. The van der Waals surface area contributed by atoms with E-state index in [1.807, 2.05) is 0 Å². The average molecular weight is 218 g/mol. The van der Waals surface area contributed by atoms with Crippen molar-refractivity contribution in [2.45, 2.75) is 20.8 Å². The molecule has 0 bridgehead atoms. The summed E-state index contributed by atoms with van der Waals surface area (Å²) >= 11 is 0. The Hall–Kier alpha value is -1.85. The molecule has 0 fully saturated rings. The molecule has 0 spiro atoms. The molecule has 0 amide bonds. The van der Waals surface area contributed by atoms with Crippen molar-refractivity contribution in [2.24, 2.45) is 5.41 Å². The molecule has 6 nitrogen and oxygen atoms in total. The Labute approximate surface area is 86.8 Å². The van der Waals surface area contributed by atoms with Gasteiger partial charge in [-0.1, -0.05) is 0 Å². The van der Waals surface area contributed by atoms with E-state index in [1.165, 1.54) is 0 Å². The molecule has 0 rings (SSSR count). The fraction of sp³-hybridized carbons (Fsp3) is 0.444. The van der Waals surface area contributed by atoms with Gasteiger partial charge in [-0.25, -0.2) is 9.59 Å². The van der Waals surface area contributed by atoms with Crippen molar-refractivity contribution in [1.29, 1.82) is 0 Å². The number of carbonyl (C=O) groups is 3. The van der Waals surface area contributed by atoms with Gasteiger partial charge in [0.1, 0.15) is 0 Å². The van der Waals surface area contributed by atoms with Crippen LogP contribution in [0.3, 0.4) is 0 Å². The number of carboxylic acids is 3. The summed E-state index contributed by atoms with van der Waals surface area (Å²) in [4.78, 5) is 29.1. The van der Waals surface area contributed by atoms with Crippen LogP contribution in [0.4, 0.5) is 0 Å². The zero-order chi connectivity index (χ0) is 12.6. The van der Waals surface area contributed by atoms with Crippen LogP contribution < -0.4 is 0 Å². The van der Waals surface area contributed by atoms with Crippen LogP contribution in [0.25, 0.3) is 0 Å². The van der Waals surface area contributed by atoms with E-state index in [-0.39, 0.29) is 0 Å². The zero-order valence-electron chi connectivity index (χ0n) is 8.72. The molecule has 0 aliphatic rings. The monoisotopic (exact) mass is 218 g/mol. The minimum Gasteiger partial charge on any atom is -0.481 e. The van der Waals surface area contributed by atoms with Crippen molar-refractivity contribution in [3.05, 3.63) is 12.2 Å². The molecule has 0 heterocycles. The smallest absolute Gasteiger partial charge is 0.328 e. The van der Waals surface area contributed by atoms with Gasteiger partial charge in [-0.05, 0) is 20.8 Å². The number of carboxylic acid groups (broad SMARTS) is 3. The van der Waals surface area contributed by atoms with E-state index in [4.69, 9.17) is 15.3 Å². The third-order valence-corrected chi connectivity index (χ3v) is 1.01. The summed E-state index contributed by atoms with van der Waals surface area (Å²) in [6, 6.07) is 0. The van der Waals surface area contributed by atoms with Gasteiger partial charge in [-0.2, -0.15) is 0 Å². The van der Waals surface area contributed by atoms with Crippen LogP contribution in [-0.4, -0.2) is 33.2 Å². The fourth-order valence-corrected chi connectivity index (χ4v) is 0.143. The van der Waals surface area contributed by atoms with E-state index in [1.54, 1.807) is 20.8 Å². The standard InChI is InChI=1S/C5H10O2.C4H4O4/c1-5(2,3)4(6)7;5-3(6)1-2-4(7)8/h1-3H3,(H,6,7);1-2H,(H,5,6)(H,7,8)/b;2-1-. The van der Waals surface area contributed by atoms with Crippen molar-refractivity contribution in [2.75, 3.05) is 0 Å².